The van der Waals surface area contributed by atoms with E-state index in [1.54, 1.807) is 18.2 Å². The highest BCUT2D eigenvalue weighted by Crippen LogP contribution is 2.36. The fourth-order valence-electron chi connectivity index (χ4n) is 3.41. The van der Waals surface area contributed by atoms with E-state index in [9.17, 15) is 9.18 Å². The number of carbonyl (C=O) groups is 1. The molecule has 1 aliphatic heterocycles. The van der Waals surface area contributed by atoms with Gasteiger partial charge in [-0.1, -0.05) is 24.3 Å². The van der Waals surface area contributed by atoms with Crippen LogP contribution < -0.4 is 10.2 Å². The van der Waals surface area contributed by atoms with Crippen molar-refractivity contribution in [3.05, 3.63) is 77.4 Å². The first-order chi connectivity index (χ1) is 13.0. The van der Waals surface area contributed by atoms with E-state index in [1.165, 1.54) is 17.7 Å². The van der Waals surface area contributed by atoms with Gasteiger partial charge in [0.15, 0.2) is 0 Å². The van der Waals surface area contributed by atoms with Crippen molar-refractivity contribution < 1.29 is 9.18 Å². The van der Waals surface area contributed by atoms with Gasteiger partial charge >= 0.3 is 0 Å². The molecule has 1 N–H and O–H groups in total. The predicted octanol–water partition coefficient (Wildman–Crippen LogP) is 4.26. The largest absolute Gasteiger partial charge is 0.321 e. The van der Waals surface area contributed by atoms with Crippen LogP contribution in [0, 0.1) is 12.7 Å². The fourth-order valence-corrected chi connectivity index (χ4v) is 3.41. The van der Waals surface area contributed by atoms with Gasteiger partial charge < -0.3 is 10.2 Å². The van der Waals surface area contributed by atoms with Crippen LogP contribution in [0.1, 0.15) is 28.7 Å². The van der Waals surface area contributed by atoms with E-state index in [0.29, 0.717) is 17.3 Å². The summed E-state index contributed by atoms with van der Waals surface area (Å²) in [5.41, 5.74) is 3.63. The molecule has 1 aromatic heterocycles. The smallest absolute Gasteiger partial charge is 0.274 e. The highest BCUT2D eigenvalue weighted by atomic mass is 19.1. The van der Waals surface area contributed by atoms with E-state index < -0.39 is 11.7 Å². The molecule has 0 saturated heterocycles. The first-order valence-electron chi connectivity index (χ1n) is 8.81. The van der Waals surface area contributed by atoms with Crippen molar-refractivity contribution in [3.8, 4) is 0 Å². The molecular weight excluding hydrogens is 343 g/mol. The molecule has 0 spiro atoms. The van der Waals surface area contributed by atoms with Crippen molar-refractivity contribution in [1.29, 1.82) is 0 Å². The van der Waals surface area contributed by atoms with E-state index in [4.69, 9.17) is 0 Å². The van der Waals surface area contributed by atoms with E-state index in [2.05, 4.69) is 33.2 Å². The van der Waals surface area contributed by atoms with E-state index >= 15 is 0 Å². The lowest BCUT2D eigenvalue weighted by Gasteiger charge is -2.23. The molecule has 0 fully saturated rings. The highest BCUT2D eigenvalue weighted by molar-refractivity contribution is 6.03. The van der Waals surface area contributed by atoms with E-state index in [1.807, 2.05) is 25.1 Å². The number of halogens is 1. The number of aromatic nitrogens is 2. The molecule has 1 amide bonds. The molecule has 2 aromatic carbocycles. The summed E-state index contributed by atoms with van der Waals surface area (Å²) < 4.78 is 13.4. The van der Waals surface area contributed by atoms with Crippen LogP contribution in [0.5, 0.6) is 0 Å². The van der Waals surface area contributed by atoms with Crippen LogP contribution >= 0.6 is 0 Å². The van der Waals surface area contributed by atoms with Gasteiger partial charge in [-0.2, -0.15) is 0 Å². The Morgan fingerprint density at radius 2 is 1.96 bits per heavy atom. The third-order valence-electron chi connectivity index (χ3n) is 4.58. The number of aryl methyl sites for hydroxylation is 1. The van der Waals surface area contributed by atoms with Crippen LogP contribution in [-0.2, 0) is 6.42 Å². The van der Waals surface area contributed by atoms with Gasteiger partial charge in [0, 0.05) is 23.1 Å². The molecule has 0 bridgehead atoms. The Hall–Kier alpha value is -3.28. The van der Waals surface area contributed by atoms with E-state index in [-0.39, 0.29) is 11.7 Å². The molecule has 2 heterocycles. The summed E-state index contributed by atoms with van der Waals surface area (Å²) in [6.45, 7) is 3.94. The summed E-state index contributed by atoms with van der Waals surface area (Å²) in [6.07, 6.45) is 0.901. The number of carbonyl (C=O) groups excluding carboxylic acids is 1. The quantitative estimate of drug-likeness (QED) is 0.756. The average molecular weight is 362 g/mol. The van der Waals surface area contributed by atoms with Crippen LogP contribution in [0.2, 0.25) is 0 Å². The van der Waals surface area contributed by atoms with Crippen molar-refractivity contribution in [3.63, 3.8) is 0 Å². The molecule has 1 atom stereocenters. The number of para-hydroxylation sites is 1. The number of hydrogen-bond donors (Lipinski definition) is 1. The molecular formula is C21H19FN4O. The molecule has 27 heavy (non-hydrogen) atoms. The van der Waals surface area contributed by atoms with Crippen LogP contribution in [0.4, 0.5) is 21.7 Å². The maximum absolute atomic E-state index is 13.4. The molecule has 136 valence electrons. The molecule has 0 radical (unpaired) electrons. The summed E-state index contributed by atoms with van der Waals surface area (Å²) >= 11 is 0. The first kappa shape index (κ1) is 17.1. The van der Waals surface area contributed by atoms with Gasteiger partial charge in [0.05, 0.1) is 0 Å². The zero-order valence-corrected chi connectivity index (χ0v) is 15.1. The maximum Gasteiger partial charge on any atom is 0.274 e. The van der Waals surface area contributed by atoms with E-state index in [0.717, 1.165) is 12.1 Å². The Morgan fingerprint density at radius 3 is 2.78 bits per heavy atom. The lowest BCUT2D eigenvalue weighted by molar-refractivity contribution is 0.102. The van der Waals surface area contributed by atoms with Gasteiger partial charge in [-0.3, -0.25) is 4.79 Å². The molecule has 0 saturated carbocycles. The molecule has 5 nitrogen and oxygen atoms in total. The third kappa shape index (κ3) is 3.38. The lowest BCUT2D eigenvalue weighted by Crippen LogP contribution is -2.27. The summed E-state index contributed by atoms with van der Waals surface area (Å²) in [6, 6.07) is 15.7. The predicted molar refractivity (Wildman–Crippen MR) is 103 cm³/mol. The number of nitrogens with one attached hydrogen (secondary N) is 1. The Morgan fingerprint density at radius 1 is 1.15 bits per heavy atom. The second-order valence-electron chi connectivity index (χ2n) is 6.71. The normalized spacial score (nSPS) is 15.5. The molecule has 0 aliphatic carbocycles. The minimum absolute atomic E-state index is 0.198. The Kier molecular flexibility index (Phi) is 4.32. The monoisotopic (exact) mass is 362 g/mol. The van der Waals surface area contributed by atoms with Gasteiger partial charge in [0.25, 0.3) is 5.91 Å². The minimum Gasteiger partial charge on any atom is -0.321 e. The number of nitrogens with zero attached hydrogens (tertiary/aromatic N) is 3. The zero-order valence-electron chi connectivity index (χ0n) is 15.1. The number of hydrogen-bond acceptors (Lipinski definition) is 4. The highest BCUT2D eigenvalue weighted by Gasteiger charge is 2.29. The van der Waals surface area contributed by atoms with Crippen LogP contribution in [0.3, 0.4) is 0 Å². The molecule has 3 aromatic rings. The van der Waals surface area contributed by atoms with Crippen LogP contribution in [0.15, 0.2) is 54.6 Å². The average Bonchev–Trinajstić information content (AvgIpc) is 2.97. The van der Waals surface area contributed by atoms with Gasteiger partial charge in [-0.25, -0.2) is 14.4 Å². The summed E-state index contributed by atoms with van der Waals surface area (Å²) in [4.78, 5) is 23.7. The Labute approximate surface area is 156 Å². The number of rotatable bonds is 3. The third-order valence-corrected chi connectivity index (χ3v) is 4.58. The van der Waals surface area contributed by atoms with Gasteiger partial charge in [0.1, 0.15) is 11.5 Å². The number of anilines is 3. The molecule has 6 heteroatoms. The maximum atomic E-state index is 13.4. The van der Waals surface area contributed by atoms with Crippen LogP contribution in [0.25, 0.3) is 0 Å². The van der Waals surface area contributed by atoms with Crippen molar-refractivity contribution in [2.45, 2.75) is 26.3 Å². The summed E-state index contributed by atoms with van der Waals surface area (Å²) in [5, 5.41) is 2.69. The van der Waals surface area contributed by atoms with Gasteiger partial charge in [-0.05, 0) is 56.2 Å². The molecule has 1 unspecified atom stereocenters. The van der Waals surface area contributed by atoms with Crippen molar-refractivity contribution in [1.82, 2.24) is 9.97 Å². The SMILES string of the molecule is Cc1cc(C(=O)Nc2cccc(F)c2)nc(N2c3ccccc3CC2C)n1. The molecule has 4 rings (SSSR count). The first-order valence-corrected chi connectivity index (χ1v) is 8.81. The Balaban J connectivity index is 1.67. The Bertz CT molecular complexity index is 1020. The second kappa shape index (κ2) is 6.79. The van der Waals surface area contributed by atoms with Crippen LogP contribution in [-0.4, -0.2) is 21.9 Å². The molecule has 1 aliphatic rings. The van der Waals surface area contributed by atoms with Crippen molar-refractivity contribution in [2.24, 2.45) is 0 Å². The zero-order chi connectivity index (χ0) is 19.0. The van der Waals surface area contributed by atoms with Gasteiger partial charge in [0.2, 0.25) is 5.95 Å². The minimum atomic E-state index is -0.408. The summed E-state index contributed by atoms with van der Waals surface area (Å²) in [5.74, 6) is -0.306. The number of benzene rings is 2. The van der Waals surface area contributed by atoms with Crippen molar-refractivity contribution in [2.75, 3.05) is 10.2 Å². The standard InChI is InChI=1S/C21H19FN4O/c1-13-10-18(20(27)24-17-8-5-7-16(22)12-17)25-21(23-13)26-14(2)11-15-6-3-4-9-19(15)26/h3-10,12,14H,11H2,1-2H3,(H,24,27). The van der Waals surface area contributed by atoms with Crippen molar-refractivity contribution >= 4 is 23.2 Å². The second-order valence-corrected chi connectivity index (χ2v) is 6.71. The number of amides is 1. The lowest BCUT2D eigenvalue weighted by atomic mass is 10.1. The number of fused-ring (bicyclic) bond motifs is 1. The fraction of sp³-hybridized carbons (Fsp3) is 0.190. The van der Waals surface area contributed by atoms with Gasteiger partial charge in [-0.15, -0.1) is 0 Å². The topological polar surface area (TPSA) is 58.1 Å². The summed E-state index contributed by atoms with van der Waals surface area (Å²) in [7, 11) is 0.